The summed E-state index contributed by atoms with van der Waals surface area (Å²) in [4.78, 5) is 15.1. The molecule has 1 aromatic carbocycles. The van der Waals surface area contributed by atoms with Crippen molar-refractivity contribution in [1.29, 1.82) is 0 Å². The monoisotopic (exact) mass is 420 g/mol. The fraction of sp³-hybridized carbons (Fsp3) is 0.450. The van der Waals surface area contributed by atoms with Gasteiger partial charge in [0.25, 0.3) is 6.29 Å². The first-order valence-corrected chi connectivity index (χ1v) is 12.2. The van der Waals surface area contributed by atoms with Crippen molar-refractivity contribution in [3.05, 3.63) is 64.1 Å². The van der Waals surface area contributed by atoms with Crippen LogP contribution in [0, 0.1) is 15.9 Å². The van der Waals surface area contributed by atoms with Gasteiger partial charge in [0, 0.05) is 22.7 Å². The van der Waals surface area contributed by atoms with Crippen LogP contribution in [0.15, 0.2) is 37.1 Å². The molecule has 3 rings (SSSR count). The molecule has 1 aromatic heterocycles. The van der Waals surface area contributed by atoms with E-state index in [4.69, 9.17) is 13.9 Å². The Labute approximate surface area is 169 Å². The lowest BCUT2D eigenvalue weighted by Gasteiger charge is -2.38. The van der Waals surface area contributed by atoms with Gasteiger partial charge in [-0.15, -0.1) is 0 Å². The van der Waals surface area contributed by atoms with Crippen LogP contribution < -0.4 is 0 Å². The summed E-state index contributed by atoms with van der Waals surface area (Å²) in [5.41, 5.74) is 0.630. The third-order valence-electron chi connectivity index (χ3n) is 5.56. The smallest absolute Gasteiger partial charge is 0.269 e. The quantitative estimate of drug-likeness (QED) is 0.361. The molecule has 1 aliphatic heterocycles. The summed E-state index contributed by atoms with van der Waals surface area (Å²) in [5.74, 6) is -0.570. The van der Waals surface area contributed by atoms with Crippen molar-refractivity contribution in [3.8, 4) is 0 Å². The zero-order chi connectivity index (χ0) is 21.4. The van der Waals surface area contributed by atoms with Crippen LogP contribution in [-0.2, 0) is 13.9 Å². The highest BCUT2D eigenvalue weighted by atomic mass is 28.4. The molecule has 7 nitrogen and oxygen atoms in total. The van der Waals surface area contributed by atoms with Crippen molar-refractivity contribution in [2.24, 2.45) is 0 Å². The predicted octanol–water partition coefficient (Wildman–Crippen LogP) is 5.23. The maximum atomic E-state index is 15.2. The van der Waals surface area contributed by atoms with Gasteiger partial charge in [0.1, 0.15) is 24.4 Å². The maximum Gasteiger partial charge on any atom is 0.269 e. The number of pyridine rings is 1. The van der Waals surface area contributed by atoms with E-state index in [1.165, 1.54) is 24.8 Å². The third-order valence-corrected chi connectivity index (χ3v) is 10.0. The van der Waals surface area contributed by atoms with Crippen LogP contribution in [-0.4, -0.2) is 24.8 Å². The Balaban J connectivity index is 2.15. The molecule has 2 aromatic rings. The third kappa shape index (κ3) is 4.25. The normalized spacial score (nSPS) is 15.9. The van der Waals surface area contributed by atoms with E-state index in [9.17, 15) is 10.1 Å². The molecule has 1 unspecified atom stereocenters. The maximum absolute atomic E-state index is 15.2. The molecule has 0 amide bonds. The Morgan fingerprint density at radius 3 is 2.55 bits per heavy atom. The Kier molecular flexibility index (Phi) is 5.64. The number of hydrogen-bond donors (Lipinski definition) is 0. The summed E-state index contributed by atoms with van der Waals surface area (Å²) in [5, 5.41) is 12.3. The minimum Gasteiger partial charge on any atom is -0.455 e. The first kappa shape index (κ1) is 21.2. The number of hydrogen-bond acceptors (Lipinski definition) is 6. The van der Waals surface area contributed by atoms with Crippen LogP contribution in [0.2, 0.25) is 18.1 Å². The average Bonchev–Trinajstić information content (AvgIpc) is 3.13. The Morgan fingerprint density at radius 1 is 1.31 bits per heavy atom. The number of rotatable bonds is 6. The largest absolute Gasteiger partial charge is 0.455 e. The number of aromatic nitrogens is 1. The second kappa shape index (κ2) is 7.72. The van der Waals surface area contributed by atoms with E-state index in [2.05, 4.69) is 4.98 Å². The lowest BCUT2D eigenvalue weighted by Crippen LogP contribution is -2.43. The number of nitrogens with zero attached hydrogens (tertiary/aromatic N) is 2. The van der Waals surface area contributed by atoms with Crippen LogP contribution in [0.1, 0.15) is 44.3 Å². The van der Waals surface area contributed by atoms with Crippen LogP contribution >= 0.6 is 0 Å². The molecular formula is C20H25FN2O5Si. The highest BCUT2D eigenvalue weighted by molar-refractivity contribution is 6.74. The number of benzene rings is 1. The Hall–Kier alpha value is -2.52. The summed E-state index contributed by atoms with van der Waals surface area (Å²) in [6, 6.07) is 2.93. The molecule has 0 bridgehead atoms. The van der Waals surface area contributed by atoms with E-state index in [-0.39, 0.29) is 10.6 Å². The lowest BCUT2D eigenvalue weighted by molar-refractivity contribution is -0.490. The molecular weight excluding hydrogens is 395 g/mol. The first-order valence-electron chi connectivity index (χ1n) is 9.33. The van der Waals surface area contributed by atoms with Crippen molar-refractivity contribution in [3.63, 3.8) is 0 Å². The van der Waals surface area contributed by atoms with Crippen LogP contribution in [0.25, 0.3) is 10.8 Å². The molecule has 9 heteroatoms. The second-order valence-corrected chi connectivity index (χ2v) is 13.3. The zero-order valence-corrected chi connectivity index (χ0v) is 18.1. The summed E-state index contributed by atoms with van der Waals surface area (Å²) >= 11 is 0. The van der Waals surface area contributed by atoms with Crippen molar-refractivity contribution in [2.45, 2.75) is 51.3 Å². The summed E-state index contributed by atoms with van der Waals surface area (Å²) in [7, 11) is -2.37. The van der Waals surface area contributed by atoms with Crippen LogP contribution in [0.4, 0.5) is 4.39 Å². The highest BCUT2D eigenvalue weighted by Crippen LogP contribution is 2.42. The van der Waals surface area contributed by atoms with E-state index in [1.807, 2.05) is 33.9 Å². The van der Waals surface area contributed by atoms with Gasteiger partial charge in [0.05, 0.1) is 5.56 Å². The average molecular weight is 421 g/mol. The molecule has 0 spiro atoms. The zero-order valence-electron chi connectivity index (χ0n) is 17.1. The summed E-state index contributed by atoms with van der Waals surface area (Å²) in [6.07, 6.45) is 3.99. The van der Waals surface area contributed by atoms with Gasteiger partial charge in [-0.1, -0.05) is 20.8 Å². The number of ether oxygens (including phenoxy) is 2. The minimum absolute atomic E-state index is 0.161. The number of halogens is 1. The predicted molar refractivity (Wildman–Crippen MR) is 109 cm³/mol. The van der Waals surface area contributed by atoms with Crippen molar-refractivity contribution >= 4 is 19.1 Å². The molecule has 156 valence electrons. The number of nitro groups is 1. The molecule has 0 aliphatic carbocycles. The van der Waals surface area contributed by atoms with Gasteiger partial charge < -0.3 is 13.9 Å². The molecule has 1 aliphatic rings. The molecule has 0 saturated heterocycles. The molecule has 1 atom stereocenters. The van der Waals surface area contributed by atoms with Crippen molar-refractivity contribution < 1.29 is 23.2 Å². The first-order chi connectivity index (χ1) is 13.5. The van der Waals surface area contributed by atoms with E-state index in [0.29, 0.717) is 16.3 Å². The number of fused-ring (bicyclic) bond motifs is 1. The lowest BCUT2D eigenvalue weighted by atomic mass is 9.97. The van der Waals surface area contributed by atoms with Gasteiger partial charge >= 0.3 is 0 Å². The SMILES string of the molecule is CC(C)(C)[Si](C)(C)OC(C[N+](=O)[O-])c1cc(F)c(C2OC=CO2)c2ccncc12. The molecule has 0 radical (unpaired) electrons. The minimum atomic E-state index is -2.37. The topological polar surface area (TPSA) is 83.7 Å². The fourth-order valence-corrected chi connectivity index (χ4v) is 4.29. The molecule has 29 heavy (non-hydrogen) atoms. The van der Waals surface area contributed by atoms with Gasteiger partial charge in [-0.3, -0.25) is 15.1 Å². The standard InChI is InChI=1S/C20H25FN2O5Si/c1-20(2,3)29(4,5)28-17(12-23(24)25)14-10-16(21)18(19-26-8-9-27-19)13-6-7-22-11-15(13)14/h6-11,17,19H,12H2,1-5H3. The molecule has 0 saturated carbocycles. The van der Waals surface area contributed by atoms with Gasteiger partial charge in [-0.25, -0.2) is 4.39 Å². The van der Waals surface area contributed by atoms with Gasteiger partial charge in [-0.05, 0) is 41.2 Å². The Bertz CT molecular complexity index is 950. The summed E-state index contributed by atoms with van der Waals surface area (Å²) in [6.45, 7) is 9.70. The molecule has 2 heterocycles. The van der Waals surface area contributed by atoms with Crippen molar-refractivity contribution in [1.82, 2.24) is 4.98 Å². The van der Waals surface area contributed by atoms with E-state index in [0.717, 1.165) is 0 Å². The van der Waals surface area contributed by atoms with Gasteiger partial charge in [0.15, 0.2) is 8.32 Å². The highest BCUT2D eigenvalue weighted by Gasteiger charge is 2.41. The van der Waals surface area contributed by atoms with Crippen LogP contribution in [0.3, 0.4) is 0 Å². The van der Waals surface area contributed by atoms with E-state index in [1.54, 1.807) is 12.3 Å². The van der Waals surface area contributed by atoms with Gasteiger partial charge in [-0.2, -0.15) is 0 Å². The van der Waals surface area contributed by atoms with Crippen molar-refractivity contribution in [2.75, 3.05) is 6.54 Å². The van der Waals surface area contributed by atoms with Crippen LogP contribution in [0.5, 0.6) is 0 Å². The molecule has 0 N–H and O–H groups in total. The second-order valence-electron chi connectivity index (χ2n) is 8.54. The molecule has 0 fully saturated rings. The summed E-state index contributed by atoms with van der Waals surface area (Å²) < 4.78 is 32.2. The van der Waals surface area contributed by atoms with Gasteiger partial charge in [0.2, 0.25) is 6.54 Å². The fourth-order valence-electron chi connectivity index (χ4n) is 3.03. The van der Waals surface area contributed by atoms with E-state index < -0.39 is 38.0 Å². The Morgan fingerprint density at radius 2 is 1.97 bits per heavy atom. The van der Waals surface area contributed by atoms with E-state index >= 15 is 4.39 Å².